The largest absolute Gasteiger partial charge is 0.496 e. The molecule has 0 N–H and O–H groups in total. The molecule has 0 spiro atoms. The molecular formula is C21H22BrFN2O. The van der Waals surface area contributed by atoms with Crippen LogP contribution in [0.25, 0.3) is 0 Å². The van der Waals surface area contributed by atoms with E-state index in [1.54, 1.807) is 19.2 Å². The summed E-state index contributed by atoms with van der Waals surface area (Å²) in [5.41, 5.74) is 2.77. The Bertz CT molecular complexity index is 852. The predicted molar refractivity (Wildman–Crippen MR) is 106 cm³/mol. The third kappa shape index (κ3) is 3.25. The van der Waals surface area contributed by atoms with Gasteiger partial charge in [0.05, 0.1) is 19.7 Å². The zero-order chi connectivity index (χ0) is 18.1. The number of rotatable bonds is 5. The second-order valence-corrected chi connectivity index (χ2v) is 7.79. The second kappa shape index (κ2) is 7.39. The molecule has 1 fully saturated rings. The summed E-state index contributed by atoms with van der Waals surface area (Å²) in [5.74, 6) is 1.66. The summed E-state index contributed by atoms with van der Waals surface area (Å²) in [6.07, 6.45) is 3.72. The molecule has 1 saturated heterocycles. The third-order valence-corrected chi connectivity index (χ3v) is 5.84. The summed E-state index contributed by atoms with van der Waals surface area (Å²) < 4.78 is 21.2. The van der Waals surface area contributed by atoms with Crippen LogP contribution in [0.5, 0.6) is 5.75 Å². The maximum Gasteiger partial charge on any atom is 0.131 e. The first kappa shape index (κ1) is 17.5. The number of aryl methyl sites for hydroxylation is 1. The molecule has 2 aromatic carbocycles. The van der Waals surface area contributed by atoms with Crippen molar-refractivity contribution in [3.63, 3.8) is 0 Å². The molecule has 4 rings (SSSR count). The number of nitrogens with zero attached hydrogens (tertiary/aromatic N) is 2. The fourth-order valence-corrected chi connectivity index (χ4v) is 4.46. The lowest BCUT2D eigenvalue weighted by Gasteiger charge is -2.22. The molecule has 1 atom stereocenters. The number of amidine groups is 1. The van der Waals surface area contributed by atoms with Gasteiger partial charge in [-0.3, -0.25) is 4.99 Å². The van der Waals surface area contributed by atoms with E-state index >= 15 is 0 Å². The number of hydrogen-bond acceptors (Lipinski definition) is 3. The summed E-state index contributed by atoms with van der Waals surface area (Å²) in [7, 11) is 1.67. The Morgan fingerprint density at radius 2 is 2.15 bits per heavy atom. The van der Waals surface area contributed by atoms with E-state index in [-0.39, 0.29) is 5.82 Å². The Balaban J connectivity index is 1.62. The van der Waals surface area contributed by atoms with Gasteiger partial charge in [-0.05, 0) is 61.1 Å². The number of ether oxygens (including phenoxy) is 1. The molecule has 0 amide bonds. The van der Waals surface area contributed by atoms with Crippen molar-refractivity contribution in [2.24, 2.45) is 4.99 Å². The minimum absolute atomic E-state index is 0.151. The fraction of sp³-hybridized carbons (Fsp3) is 0.381. The van der Waals surface area contributed by atoms with E-state index in [0.29, 0.717) is 18.9 Å². The second-order valence-electron chi connectivity index (χ2n) is 6.88. The van der Waals surface area contributed by atoms with E-state index < -0.39 is 0 Å². The van der Waals surface area contributed by atoms with Gasteiger partial charge in [-0.25, -0.2) is 4.39 Å². The first-order chi connectivity index (χ1) is 12.7. The highest BCUT2D eigenvalue weighted by molar-refractivity contribution is 9.10. The van der Waals surface area contributed by atoms with Crippen LogP contribution in [0.3, 0.4) is 0 Å². The first-order valence-corrected chi connectivity index (χ1v) is 9.88. The Morgan fingerprint density at radius 1 is 1.27 bits per heavy atom. The van der Waals surface area contributed by atoms with E-state index in [4.69, 9.17) is 9.73 Å². The van der Waals surface area contributed by atoms with E-state index in [9.17, 15) is 4.39 Å². The van der Waals surface area contributed by atoms with Crippen LogP contribution in [0.15, 0.2) is 45.9 Å². The van der Waals surface area contributed by atoms with Gasteiger partial charge in [-0.1, -0.05) is 28.1 Å². The highest BCUT2D eigenvalue weighted by Crippen LogP contribution is 2.30. The lowest BCUT2D eigenvalue weighted by atomic mass is 9.97. The minimum Gasteiger partial charge on any atom is -0.496 e. The number of hydrogen-bond donors (Lipinski definition) is 0. The molecule has 2 aliphatic heterocycles. The van der Waals surface area contributed by atoms with Crippen LogP contribution in [-0.2, 0) is 12.8 Å². The first-order valence-electron chi connectivity index (χ1n) is 9.08. The molecule has 0 saturated carbocycles. The van der Waals surface area contributed by atoms with Crippen molar-refractivity contribution in [3.8, 4) is 5.75 Å². The number of benzene rings is 2. The number of aliphatic imine (C=N–C) groups is 1. The average Bonchev–Trinajstić information content (AvgIpc) is 3.24. The third-order valence-electron chi connectivity index (χ3n) is 5.35. The zero-order valence-corrected chi connectivity index (χ0v) is 16.4. The van der Waals surface area contributed by atoms with Crippen molar-refractivity contribution in [1.29, 1.82) is 0 Å². The van der Waals surface area contributed by atoms with E-state index in [1.165, 1.54) is 12.8 Å². The molecule has 0 bridgehead atoms. The Labute approximate surface area is 162 Å². The molecule has 2 aromatic rings. The number of halogens is 2. The molecule has 0 radical (unpaired) electrons. The smallest absolute Gasteiger partial charge is 0.131 e. The van der Waals surface area contributed by atoms with Crippen molar-refractivity contribution in [3.05, 3.63) is 63.4 Å². The lowest BCUT2D eigenvalue weighted by molar-refractivity contribution is 0.409. The van der Waals surface area contributed by atoms with Crippen molar-refractivity contribution in [2.45, 2.75) is 31.7 Å². The van der Waals surface area contributed by atoms with Crippen molar-refractivity contribution >= 4 is 21.8 Å². The van der Waals surface area contributed by atoms with Gasteiger partial charge < -0.3 is 9.64 Å². The molecule has 0 aliphatic carbocycles. The molecule has 2 heterocycles. The average molecular weight is 417 g/mol. The summed E-state index contributed by atoms with van der Waals surface area (Å²) in [4.78, 5) is 7.10. The van der Waals surface area contributed by atoms with Crippen LogP contribution in [-0.4, -0.2) is 37.0 Å². The van der Waals surface area contributed by atoms with Gasteiger partial charge in [0.25, 0.3) is 0 Å². The van der Waals surface area contributed by atoms with Gasteiger partial charge in [0.15, 0.2) is 0 Å². The van der Waals surface area contributed by atoms with Crippen molar-refractivity contribution in [2.75, 3.05) is 20.2 Å². The summed E-state index contributed by atoms with van der Waals surface area (Å²) >= 11 is 3.51. The van der Waals surface area contributed by atoms with Crippen LogP contribution in [0.1, 0.15) is 29.5 Å². The lowest BCUT2D eigenvalue weighted by Crippen LogP contribution is -2.32. The maximum atomic E-state index is 14.7. The molecule has 136 valence electrons. The van der Waals surface area contributed by atoms with Gasteiger partial charge in [0.1, 0.15) is 17.4 Å². The topological polar surface area (TPSA) is 24.8 Å². The predicted octanol–water partition coefficient (Wildman–Crippen LogP) is 4.61. The Hall–Kier alpha value is -1.88. The van der Waals surface area contributed by atoms with Gasteiger partial charge in [-0.15, -0.1) is 0 Å². The van der Waals surface area contributed by atoms with E-state index in [2.05, 4.69) is 20.8 Å². The molecule has 5 heteroatoms. The minimum atomic E-state index is -0.151. The molecule has 1 unspecified atom stereocenters. The maximum absolute atomic E-state index is 14.7. The molecule has 0 aromatic heterocycles. The summed E-state index contributed by atoms with van der Waals surface area (Å²) in [6, 6.07) is 11.8. The number of fused-ring (bicyclic) bond motifs is 1. The van der Waals surface area contributed by atoms with Gasteiger partial charge >= 0.3 is 0 Å². The van der Waals surface area contributed by atoms with Crippen molar-refractivity contribution in [1.82, 2.24) is 4.90 Å². The van der Waals surface area contributed by atoms with Gasteiger partial charge in [0.2, 0.25) is 0 Å². The quantitative estimate of drug-likeness (QED) is 0.710. The SMILES string of the molecule is COc1ccc(Br)cc1CCc1c(F)cccc1C1=NCC2CCCN12. The summed E-state index contributed by atoms with van der Waals surface area (Å²) in [6.45, 7) is 1.86. The molecular weight excluding hydrogens is 395 g/mol. The van der Waals surface area contributed by atoms with Gasteiger partial charge in [-0.2, -0.15) is 0 Å². The molecule has 3 nitrogen and oxygen atoms in total. The Morgan fingerprint density at radius 3 is 3.00 bits per heavy atom. The van der Waals surface area contributed by atoms with Crippen LogP contribution in [0, 0.1) is 5.82 Å². The molecule has 26 heavy (non-hydrogen) atoms. The Kier molecular flexibility index (Phi) is 4.98. The normalized spacial score (nSPS) is 18.8. The standard InChI is InChI=1S/C21H22BrFN2O/c1-26-20-10-8-15(22)12-14(20)7-9-17-18(5-2-6-19(17)23)21-24-13-16-4-3-11-25(16)21/h2,5-6,8,10,12,16H,3-4,7,9,11,13H2,1H3. The monoisotopic (exact) mass is 416 g/mol. The van der Waals surface area contributed by atoms with Crippen LogP contribution in [0.2, 0.25) is 0 Å². The van der Waals surface area contributed by atoms with Crippen LogP contribution in [0.4, 0.5) is 4.39 Å². The fourth-order valence-electron chi connectivity index (χ4n) is 4.05. The highest BCUT2D eigenvalue weighted by atomic mass is 79.9. The highest BCUT2D eigenvalue weighted by Gasteiger charge is 2.33. The molecule has 2 aliphatic rings. The van der Waals surface area contributed by atoms with Crippen LogP contribution < -0.4 is 4.74 Å². The van der Waals surface area contributed by atoms with Crippen LogP contribution >= 0.6 is 15.9 Å². The van der Waals surface area contributed by atoms with E-state index in [0.717, 1.165) is 45.8 Å². The number of methoxy groups -OCH3 is 1. The van der Waals surface area contributed by atoms with Crippen molar-refractivity contribution < 1.29 is 9.13 Å². The zero-order valence-electron chi connectivity index (χ0n) is 14.8. The summed E-state index contributed by atoms with van der Waals surface area (Å²) in [5, 5.41) is 0. The van der Waals surface area contributed by atoms with Gasteiger partial charge in [0, 0.05) is 16.6 Å². The van der Waals surface area contributed by atoms with E-state index in [1.807, 2.05) is 24.3 Å².